The summed E-state index contributed by atoms with van der Waals surface area (Å²) in [7, 11) is 0. The molecule has 1 aliphatic carbocycles. The fraction of sp³-hybridized carbons (Fsp3) is 0.438. The third-order valence-electron chi connectivity index (χ3n) is 4.27. The Labute approximate surface area is 134 Å². The van der Waals surface area contributed by atoms with Crippen molar-refractivity contribution in [2.75, 3.05) is 0 Å². The number of hydrogen-bond acceptors (Lipinski definition) is 2. The van der Waals surface area contributed by atoms with Crippen molar-refractivity contribution >= 4 is 23.2 Å². The minimum absolute atomic E-state index is 0.476. The molecule has 1 aromatic carbocycles. The molecule has 0 radical (unpaired) electrons. The molecule has 1 saturated carbocycles. The summed E-state index contributed by atoms with van der Waals surface area (Å²) in [6.45, 7) is 0.476. The number of benzene rings is 1. The van der Waals surface area contributed by atoms with Crippen LogP contribution in [0, 0.1) is 0 Å². The third kappa shape index (κ3) is 3.25. The topological polar surface area (TPSA) is 38.0 Å². The van der Waals surface area contributed by atoms with E-state index in [2.05, 4.69) is 4.98 Å². The molecule has 0 amide bonds. The number of hydrogen-bond donors (Lipinski definition) is 1. The number of rotatable bonds is 6. The van der Waals surface area contributed by atoms with Gasteiger partial charge in [0.25, 0.3) is 0 Å². The Balaban J connectivity index is 1.72. The molecule has 1 unspecified atom stereocenters. The van der Waals surface area contributed by atoms with Crippen LogP contribution in [0.1, 0.15) is 24.8 Å². The highest BCUT2D eigenvalue weighted by atomic mass is 35.5. The summed E-state index contributed by atoms with van der Waals surface area (Å²) in [4.78, 5) is 3.53. The van der Waals surface area contributed by atoms with E-state index in [0.29, 0.717) is 13.0 Å². The Morgan fingerprint density at radius 2 is 2.00 bits per heavy atom. The van der Waals surface area contributed by atoms with E-state index < -0.39 is 10.5 Å². The highest BCUT2D eigenvalue weighted by Gasteiger charge is 2.57. The number of halogens is 2. The van der Waals surface area contributed by atoms with Gasteiger partial charge in [-0.15, -0.1) is 11.6 Å². The van der Waals surface area contributed by atoms with Gasteiger partial charge in [0.15, 0.2) is 0 Å². The van der Waals surface area contributed by atoms with Crippen molar-refractivity contribution in [3.05, 3.63) is 53.6 Å². The summed E-state index contributed by atoms with van der Waals surface area (Å²) in [5.74, 6) is 0. The van der Waals surface area contributed by atoms with Gasteiger partial charge in [-0.2, -0.15) is 0 Å². The quantitative estimate of drug-likeness (QED) is 0.823. The smallest absolute Gasteiger partial charge is 0.102 e. The molecule has 3 nitrogen and oxygen atoms in total. The molecule has 0 spiro atoms. The first-order valence-electron chi connectivity index (χ1n) is 7.12. The van der Waals surface area contributed by atoms with Gasteiger partial charge >= 0.3 is 0 Å². The van der Waals surface area contributed by atoms with Crippen LogP contribution in [0.15, 0.2) is 43.0 Å². The van der Waals surface area contributed by atoms with E-state index in [4.69, 9.17) is 23.2 Å². The lowest BCUT2D eigenvalue weighted by atomic mass is 9.89. The summed E-state index contributed by atoms with van der Waals surface area (Å²) >= 11 is 12.5. The summed E-state index contributed by atoms with van der Waals surface area (Å²) in [5, 5.41) is 11.8. The van der Waals surface area contributed by atoms with Gasteiger partial charge in [-0.25, -0.2) is 4.98 Å². The molecule has 1 fully saturated rings. The normalized spacial score (nSPS) is 19.2. The molecule has 1 aliphatic rings. The van der Waals surface area contributed by atoms with Crippen LogP contribution in [0.5, 0.6) is 0 Å². The minimum atomic E-state index is -0.922. The lowest BCUT2D eigenvalue weighted by Crippen LogP contribution is -2.45. The number of alkyl halides is 1. The third-order valence-corrected chi connectivity index (χ3v) is 5.25. The van der Waals surface area contributed by atoms with Crippen molar-refractivity contribution in [3.8, 4) is 0 Å². The molecule has 1 aromatic heterocycles. The van der Waals surface area contributed by atoms with Crippen LogP contribution in [-0.2, 0) is 13.0 Å². The molecule has 3 rings (SSSR count). The van der Waals surface area contributed by atoms with Crippen LogP contribution in [-0.4, -0.2) is 25.1 Å². The Morgan fingerprint density at radius 1 is 1.29 bits per heavy atom. The zero-order valence-electron chi connectivity index (χ0n) is 11.7. The van der Waals surface area contributed by atoms with E-state index >= 15 is 0 Å². The molecule has 2 aromatic rings. The van der Waals surface area contributed by atoms with Crippen molar-refractivity contribution in [2.24, 2.45) is 0 Å². The zero-order valence-corrected chi connectivity index (χ0v) is 13.2. The maximum absolute atomic E-state index is 11.1. The molecule has 21 heavy (non-hydrogen) atoms. The second-order valence-electron chi connectivity index (χ2n) is 5.86. The lowest BCUT2D eigenvalue weighted by Gasteiger charge is -2.33. The van der Waals surface area contributed by atoms with E-state index in [1.807, 2.05) is 35.0 Å². The highest BCUT2D eigenvalue weighted by Crippen LogP contribution is 2.53. The molecule has 0 saturated heterocycles. The predicted molar refractivity (Wildman–Crippen MR) is 84.8 cm³/mol. The van der Waals surface area contributed by atoms with Gasteiger partial charge in [0.05, 0.1) is 17.7 Å². The van der Waals surface area contributed by atoms with E-state index in [1.165, 1.54) is 0 Å². The fourth-order valence-electron chi connectivity index (χ4n) is 2.70. The van der Waals surface area contributed by atoms with Crippen molar-refractivity contribution in [3.63, 3.8) is 0 Å². The molecule has 0 aliphatic heterocycles. The monoisotopic (exact) mass is 324 g/mol. The van der Waals surface area contributed by atoms with Crippen LogP contribution in [0.2, 0.25) is 5.02 Å². The van der Waals surface area contributed by atoms with Gasteiger partial charge in [0, 0.05) is 17.4 Å². The summed E-state index contributed by atoms with van der Waals surface area (Å²) in [6.07, 6.45) is 8.41. The Morgan fingerprint density at radius 3 is 2.57 bits per heavy atom. The molecule has 112 valence electrons. The molecular formula is C16H18Cl2N2O. The van der Waals surface area contributed by atoms with Crippen LogP contribution in [0.3, 0.4) is 0 Å². The fourth-order valence-corrected chi connectivity index (χ4v) is 3.08. The van der Waals surface area contributed by atoms with Crippen molar-refractivity contribution < 1.29 is 5.11 Å². The molecule has 1 atom stereocenters. The average molecular weight is 325 g/mol. The Hall–Kier alpha value is -1.03. The van der Waals surface area contributed by atoms with Gasteiger partial charge in [-0.3, -0.25) is 0 Å². The van der Waals surface area contributed by atoms with Crippen LogP contribution < -0.4 is 0 Å². The number of nitrogens with zero attached hydrogens (tertiary/aromatic N) is 2. The standard InChI is InChI=1S/C16H18Cl2N2O/c17-14-3-1-13(2-4-14)5-6-16(21,15(18)7-8-15)11-20-10-9-19-12-20/h1-4,9-10,12,21H,5-8,11H2. The van der Waals surface area contributed by atoms with E-state index in [1.54, 1.807) is 12.5 Å². The van der Waals surface area contributed by atoms with Gasteiger partial charge < -0.3 is 9.67 Å². The SMILES string of the molecule is OC(CCc1ccc(Cl)cc1)(Cn1ccnc1)C1(Cl)CC1. The van der Waals surface area contributed by atoms with Crippen molar-refractivity contribution in [1.82, 2.24) is 9.55 Å². The van der Waals surface area contributed by atoms with Gasteiger partial charge in [-0.05, 0) is 43.4 Å². The zero-order chi connectivity index (χ0) is 14.9. The summed E-state index contributed by atoms with van der Waals surface area (Å²) in [6, 6.07) is 7.74. The summed E-state index contributed by atoms with van der Waals surface area (Å²) < 4.78 is 1.89. The molecule has 1 N–H and O–H groups in total. The first kappa shape index (κ1) is 14.9. The lowest BCUT2D eigenvalue weighted by molar-refractivity contribution is 0.00266. The second kappa shape index (κ2) is 5.64. The van der Waals surface area contributed by atoms with E-state index in [9.17, 15) is 5.11 Å². The van der Waals surface area contributed by atoms with Crippen LogP contribution in [0.25, 0.3) is 0 Å². The largest absolute Gasteiger partial charge is 0.386 e. The minimum Gasteiger partial charge on any atom is -0.386 e. The molecular weight excluding hydrogens is 307 g/mol. The van der Waals surface area contributed by atoms with E-state index in [-0.39, 0.29) is 0 Å². The number of aromatic nitrogens is 2. The maximum atomic E-state index is 11.1. The maximum Gasteiger partial charge on any atom is 0.102 e. The highest BCUT2D eigenvalue weighted by molar-refractivity contribution is 6.30. The first-order valence-corrected chi connectivity index (χ1v) is 7.88. The number of imidazole rings is 1. The summed E-state index contributed by atoms with van der Waals surface area (Å²) in [5.41, 5.74) is 0.235. The van der Waals surface area contributed by atoms with E-state index in [0.717, 1.165) is 29.8 Å². The molecule has 1 heterocycles. The van der Waals surface area contributed by atoms with Crippen molar-refractivity contribution in [2.45, 2.75) is 42.7 Å². The average Bonchev–Trinajstić information content (AvgIpc) is 3.03. The number of aliphatic hydroxyl groups is 1. The molecule has 0 bridgehead atoms. The number of aryl methyl sites for hydroxylation is 1. The van der Waals surface area contributed by atoms with Gasteiger partial charge in [-0.1, -0.05) is 23.7 Å². The van der Waals surface area contributed by atoms with Crippen LogP contribution in [0.4, 0.5) is 0 Å². The predicted octanol–water partition coefficient (Wildman–Crippen LogP) is 3.67. The van der Waals surface area contributed by atoms with Gasteiger partial charge in [0.1, 0.15) is 5.60 Å². The second-order valence-corrected chi connectivity index (χ2v) is 7.02. The van der Waals surface area contributed by atoms with Crippen molar-refractivity contribution in [1.29, 1.82) is 0 Å². The Bertz CT molecular complexity index is 593. The van der Waals surface area contributed by atoms with Crippen LogP contribution >= 0.6 is 23.2 Å². The first-order chi connectivity index (χ1) is 10.0. The molecule has 5 heteroatoms. The Kier molecular flexibility index (Phi) is 4.00. The van der Waals surface area contributed by atoms with Gasteiger partial charge in [0.2, 0.25) is 0 Å².